The highest BCUT2D eigenvalue weighted by atomic mass is 16.5. The van der Waals surface area contributed by atoms with Gasteiger partial charge in [-0.15, -0.1) is 0 Å². The van der Waals surface area contributed by atoms with E-state index >= 15 is 0 Å². The van der Waals surface area contributed by atoms with Crippen molar-refractivity contribution in [3.05, 3.63) is 29.8 Å². The number of aliphatic hydroxyl groups excluding tert-OH is 1. The number of aliphatic hydroxyl groups is 1. The van der Waals surface area contributed by atoms with Crippen molar-refractivity contribution in [1.29, 1.82) is 0 Å². The SMILES string of the molecule is CC(C)N1CCC2(CC(O)c3ccccc3O2)C1. The maximum Gasteiger partial charge on any atom is 0.126 e. The molecule has 18 heavy (non-hydrogen) atoms. The summed E-state index contributed by atoms with van der Waals surface area (Å²) in [4.78, 5) is 2.43. The van der Waals surface area contributed by atoms with Crippen LogP contribution in [-0.2, 0) is 0 Å². The van der Waals surface area contributed by atoms with Gasteiger partial charge in [0.05, 0.1) is 6.10 Å². The van der Waals surface area contributed by atoms with Crippen LogP contribution in [0.25, 0.3) is 0 Å². The lowest BCUT2D eigenvalue weighted by molar-refractivity contribution is -0.00887. The minimum absolute atomic E-state index is 0.183. The van der Waals surface area contributed by atoms with Gasteiger partial charge in [0.25, 0.3) is 0 Å². The van der Waals surface area contributed by atoms with E-state index in [1.54, 1.807) is 0 Å². The number of hydrogen-bond acceptors (Lipinski definition) is 3. The van der Waals surface area contributed by atoms with Crippen LogP contribution < -0.4 is 4.74 Å². The fraction of sp³-hybridized carbons (Fsp3) is 0.600. The summed E-state index contributed by atoms with van der Waals surface area (Å²) in [6, 6.07) is 8.40. The molecule has 1 saturated heterocycles. The van der Waals surface area contributed by atoms with Gasteiger partial charge >= 0.3 is 0 Å². The number of rotatable bonds is 1. The Labute approximate surface area is 108 Å². The van der Waals surface area contributed by atoms with E-state index in [4.69, 9.17) is 4.74 Å². The third-order valence-corrected chi connectivity index (χ3v) is 4.25. The van der Waals surface area contributed by atoms with Gasteiger partial charge in [-0.1, -0.05) is 18.2 Å². The number of ether oxygens (including phenoxy) is 1. The van der Waals surface area contributed by atoms with Crippen molar-refractivity contribution < 1.29 is 9.84 Å². The molecule has 3 nitrogen and oxygen atoms in total. The third-order valence-electron chi connectivity index (χ3n) is 4.25. The van der Waals surface area contributed by atoms with Crippen LogP contribution in [0.5, 0.6) is 5.75 Å². The standard InChI is InChI=1S/C15H21NO2/c1-11(2)16-8-7-15(10-16)9-13(17)12-5-3-4-6-14(12)18-15/h3-6,11,13,17H,7-10H2,1-2H3. The average Bonchev–Trinajstić information content (AvgIpc) is 2.73. The molecule has 0 amide bonds. The Morgan fingerprint density at radius 1 is 1.39 bits per heavy atom. The number of nitrogens with zero attached hydrogens (tertiary/aromatic N) is 1. The molecule has 0 aliphatic carbocycles. The highest BCUT2D eigenvalue weighted by Crippen LogP contribution is 2.43. The Morgan fingerprint density at radius 3 is 2.89 bits per heavy atom. The third kappa shape index (κ3) is 1.91. The van der Waals surface area contributed by atoms with Crippen molar-refractivity contribution in [2.24, 2.45) is 0 Å². The van der Waals surface area contributed by atoms with Crippen molar-refractivity contribution in [3.8, 4) is 5.75 Å². The van der Waals surface area contributed by atoms with Crippen molar-refractivity contribution >= 4 is 0 Å². The second-order valence-corrected chi connectivity index (χ2v) is 5.86. The number of fused-ring (bicyclic) bond motifs is 1. The number of hydrogen-bond donors (Lipinski definition) is 1. The Morgan fingerprint density at radius 2 is 2.17 bits per heavy atom. The summed E-state index contributed by atoms with van der Waals surface area (Å²) < 4.78 is 6.23. The summed E-state index contributed by atoms with van der Waals surface area (Å²) in [5, 5.41) is 10.3. The van der Waals surface area contributed by atoms with E-state index in [2.05, 4.69) is 18.7 Å². The minimum Gasteiger partial charge on any atom is -0.485 e. The van der Waals surface area contributed by atoms with E-state index in [0.29, 0.717) is 12.5 Å². The number of likely N-dealkylation sites (tertiary alicyclic amines) is 1. The first kappa shape index (κ1) is 12.0. The average molecular weight is 247 g/mol. The smallest absolute Gasteiger partial charge is 0.126 e. The topological polar surface area (TPSA) is 32.7 Å². The molecule has 1 N–H and O–H groups in total. The predicted molar refractivity (Wildman–Crippen MR) is 70.7 cm³/mol. The summed E-state index contributed by atoms with van der Waals surface area (Å²) in [6.07, 6.45) is 1.34. The van der Waals surface area contributed by atoms with Crippen molar-refractivity contribution in [2.45, 2.75) is 44.4 Å². The van der Waals surface area contributed by atoms with Crippen LogP contribution in [0.3, 0.4) is 0 Å². The molecule has 2 atom stereocenters. The zero-order valence-corrected chi connectivity index (χ0v) is 11.1. The van der Waals surface area contributed by atoms with Crippen LogP contribution in [0.2, 0.25) is 0 Å². The summed E-state index contributed by atoms with van der Waals surface area (Å²) in [5.74, 6) is 0.863. The molecule has 1 spiro atoms. The lowest BCUT2D eigenvalue weighted by atomic mass is 9.88. The molecular formula is C15H21NO2. The van der Waals surface area contributed by atoms with E-state index in [9.17, 15) is 5.11 Å². The molecule has 1 aromatic carbocycles. The van der Waals surface area contributed by atoms with Crippen molar-refractivity contribution in [3.63, 3.8) is 0 Å². The molecular weight excluding hydrogens is 226 g/mol. The largest absolute Gasteiger partial charge is 0.485 e. The molecule has 0 aromatic heterocycles. The van der Waals surface area contributed by atoms with Gasteiger partial charge in [-0.25, -0.2) is 0 Å². The van der Waals surface area contributed by atoms with Crippen LogP contribution in [0.1, 0.15) is 38.4 Å². The zero-order valence-electron chi connectivity index (χ0n) is 11.1. The van der Waals surface area contributed by atoms with E-state index < -0.39 is 0 Å². The van der Waals surface area contributed by atoms with Gasteiger partial charge in [-0.2, -0.15) is 0 Å². The molecule has 2 aliphatic heterocycles. The molecule has 0 radical (unpaired) electrons. The normalized spacial score (nSPS) is 31.7. The maximum absolute atomic E-state index is 10.3. The first-order chi connectivity index (χ1) is 8.60. The monoisotopic (exact) mass is 247 g/mol. The van der Waals surface area contributed by atoms with Crippen LogP contribution in [0, 0.1) is 0 Å². The van der Waals surface area contributed by atoms with Gasteiger partial charge in [-0.3, -0.25) is 4.90 Å². The maximum atomic E-state index is 10.3. The van der Waals surface area contributed by atoms with Crippen LogP contribution in [0.4, 0.5) is 0 Å². The van der Waals surface area contributed by atoms with Gasteiger partial charge in [0.2, 0.25) is 0 Å². The summed E-state index contributed by atoms with van der Waals surface area (Å²) >= 11 is 0. The predicted octanol–water partition coefficient (Wildman–Crippen LogP) is 2.36. The molecule has 2 heterocycles. The van der Waals surface area contributed by atoms with Crippen LogP contribution in [0.15, 0.2) is 24.3 Å². The molecule has 2 aliphatic rings. The quantitative estimate of drug-likeness (QED) is 0.827. The Bertz CT molecular complexity index is 446. The van der Waals surface area contributed by atoms with E-state index in [-0.39, 0.29) is 11.7 Å². The Hall–Kier alpha value is -1.06. The van der Waals surface area contributed by atoms with Gasteiger partial charge in [0.1, 0.15) is 11.4 Å². The molecule has 1 aromatic rings. The second-order valence-electron chi connectivity index (χ2n) is 5.86. The lowest BCUT2D eigenvalue weighted by Gasteiger charge is -2.38. The molecule has 98 valence electrons. The molecule has 0 saturated carbocycles. The molecule has 3 heteroatoms. The highest BCUT2D eigenvalue weighted by Gasteiger charge is 2.45. The van der Waals surface area contributed by atoms with Gasteiger partial charge in [0.15, 0.2) is 0 Å². The fourth-order valence-corrected chi connectivity index (χ4v) is 3.15. The first-order valence-corrected chi connectivity index (χ1v) is 6.80. The summed E-state index contributed by atoms with van der Waals surface area (Å²) in [6.45, 7) is 6.42. The minimum atomic E-state index is -0.387. The molecule has 2 unspecified atom stereocenters. The highest BCUT2D eigenvalue weighted by molar-refractivity contribution is 5.38. The Balaban J connectivity index is 1.86. The number of para-hydroxylation sites is 1. The van der Waals surface area contributed by atoms with Crippen molar-refractivity contribution in [1.82, 2.24) is 4.90 Å². The molecule has 1 fully saturated rings. The van der Waals surface area contributed by atoms with Gasteiger partial charge in [-0.05, 0) is 19.9 Å². The first-order valence-electron chi connectivity index (χ1n) is 6.80. The van der Waals surface area contributed by atoms with E-state index in [0.717, 1.165) is 30.8 Å². The van der Waals surface area contributed by atoms with E-state index in [1.807, 2.05) is 24.3 Å². The second kappa shape index (κ2) is 4.25. The summed E-state index contributed by atoms with van der Waals surface area (Å²) in [5.41, 5.74) is 0.754. The van der Waals surface area contributed by atoms with E-state index in [1.165, 1.54) is 0 Å². The fourth-order valence-electron chi connectivity index (χ4n) is 3.15. The van der Waals surface area contributed by atoms with Crippen LogP contribution >= 0.6 is 0 Å². The van der Waals surface area contributed by atoms with Crippen LogP contribution in [-0.4, -0.2) is 34.7 Å². The van der Waals surface area contributed by atoms with Gasteiger partial charge in [0, 0.05) is 37.5 Å². The van der Waals surface area contributed by atoms with Gasteiger partial charge < -0.3 is 9.84 Å². The summed E-state index contributed by atoms with van der Waals surface area (Å²) in [7, 11) is 0. The lowest BCUT2D eigenvalue weighted by Crippen LogP contribution is -2.44. The molecule has 3 rings (SSSR count). The zero-order chi connectivity index (χ0) is 12.8. The van der Waals surface area contributed by atoms with Crippen molar-refractivity contribution in [2.75, 3.05) is 13.1 Å². The number of benzene rings is 1. The Kier molecular flexibility index (Phi) is 2.83. The molecule has 0 bridgehead atoms.